The molecule has 2 rings (SSSR count). The Labute approximate surface area is 139 Å². The van der Waals surface area contributed by atoms with Crippen LogP contribution in [0.2, 0.25) is 0 Å². The van der Waals surface area contributed by atoms with Crippen LogP contribution in [0.4, 0.5) is 0 Å². The summed E-state index contributed by atoms with van der Waals surface area (Å²) in [6, 6.07) is 5.31. The molecule has 1 aromatic rings. The van der Waals surface area contributed by atoms with Gasteiger partial charge in [-0.2, -0.15) is 0 Å². The van der Waals surface area contributed by atoms with Gasteiger partial charge in [-0.3, -0.25) is 4.79 Å². The lowest BCUT2D eigenvalue weighted by Crippen LogP contribution is -2.39. The standard InChI is InChI=1S/C18H26O4P/c1-13(2)23(20)18(11-6-5-7-12-18)17(19)16-14(21-3)9-8-10-15(16)22-4/h8-10,13H,5-7,11-12H2,1-4H3/q+1. The quantitative estimate of drug-likeness (QED) is 0.551. The first-order valence-corrected chi connectivity index (χ1v) is 9.53. The molecule has 23 heavy (non-hydrogen) atoms. The molecule has 0 radical (unpaired) electrons. The van der Waals surface area contributed by atoms with E-state index in [9.17, 15) is 9.36 Å². The molecule has 0 aromatic heterocycles. The smallest absolute Gasteiger partial charge is 0.355 e. The number of methoxy groups -OCH3 is 2. The van der Waals surface area contributed by atoms with Gasteiger partial charge in [0.15, 0.2) is 5.66 Å². The summed E-state index contributed by atoms with van der Waals surface area (Å²) >= 11 is 0. The molecular formula is C18H26O4P+. The SMILES string of the molecule is COc1cccc(OC)c1C(=O)C1([P+](=O)C(C)C)CCCCC1. The van der Waals surface area contributed by atoms with Gasteiger partial charge in [0.25, 0.3) is 0 Å². The van der Waals surface area contributed by atoms with Crippen LogP contribution in [0.3, 0.4) is 0 Å². The van der Waals surface area contributed by atoms with Crippen LogP contribution in [0.25, 0.3) is 0 Å². The molecule has 0 bridgehead atoms. The number of hydrogen-bond donors (Lipinski definition) is 0. The Kier molecular flexibility index (Phi) is 5.80. The molecule has 126 valence electrons. The second-order valence-corrected chi connectivity index (χ2v) is 8.92. The number of Topliss-reactive ketones (excluding diaryl/α,β-unsaturated/α-hetero) is 1. The monoisotopic (exact) mass is 337 g/mol. The van der Waals surface area contributed by atoms with Gasteiger partial charge in [-0.05, 0) is 38.8 Å². The molecule has 0 spiro atoms. The molecule has 1 aliphatic rings. The van der Waals surface area contributed by atoms with Crippen molar-refractivity contribution in [2.24, 2.45) is 0 Å². The van der Waals surface area contributed by atoms with E-state index in [4.69, 9.17) is 9.47 Å². The summed E-state index contributed by atoms with van der Waals surface area (Å²) in [5.74, 6) is 0.902. The minimum absolute atomic E-state index is 0.0206. The van der Waals surface area contributed by atoms with Crippen molar-refractivity contribution in [2.75, 3.05) is 14.2 Å². The first-order valence-electron chi connectivity index (χ1n) is 8.20. The van der Waals surface area contributed by atoms with Crippen molar-refractivity contribution in [2.45, 2.75) is 56.8 Å². The van der Waals surface area contributed by atoms with Crippen LogP contribution in [-0.2, 0) is 4.57 Å². The minimum Gasteiger partial charge on any atom is -0.496 e. The van der Waals surface area contributed by atoms with E-state index >= 15 is 0 Å². The van der Waals surface area contributed by atoms with E-state index in [1.54, 1.807) is 32.4 Å². The average molecular weight is 337 g/mol. The van der Waals surface area contributed by atoms with Gasteiger partial charge in [0.05, 0.1) is 14.2 Å². The normalized spacial score (nSPS) is 17.7. The van der Waals surface area contributed by atoms with Crippen molar-refractivity contribution in [3.63, 3.8) is 0 Å². The van der Waals surface area contributed by atoms with E-state index in [-0.39, 0.29) is 11.4 Å². The Hall–Kier alpha value is -1.41. The van der Waals surface area contributed by atoms with Gasteiger partial charge in [-0.15, -0.1) is 0 Å². The van der Waals surface area contributed by atoms with Crippen molar-refractivity contribution in [1.29, 1.82) is 0 Å². The summed E-state index contributed by atoms with van der Waals surface area (Å²) in [4.78, 5) is 13.5. The molecule has 1 saturated carbocycles. The molecule has 5 heteroatoms. The van der Waals surface area contributed by atoms with Crippen molar-refractivity contribution in [1.82, 2.24) is 0 Å². The van der Waals surface area contributed by atoms with Gasteiger partial charge in [-0.25, -0.2) is 0 Å². The zero-order chi connectivity index (χ0) is 17.0. The molecule has 0 N–H and O–H groups in total. The molecule has 1 aliphatic carbocycles. The third-order valence-electron chi connectivity index (χ3n) is 4.65. The largest absolute Gasteiger partial charge is 0.496 e. The van der Waals surface area contributed by atoms with E-state index < -0.39 is 13.0 Å². The first kappa shape index (κ1) is 17.9. The van der Waals surface area contributed by atoms with Gasteiger partial charge in [0.1, 0.15) is 17.1 Å². The van der Waals surface area contributed by atoms with Crippen molar-refractivity contribution < 1.29 is 18.8 Å². The minimum atomic E-state index is -1.65. The second kappa shape index (κ2) is 7.44. The predicted octanol–water partition coefficient (Wildman–Crippen LogP) is 4.83. The number of rotatable bonds is 6. The number of ether oxygens (including phenoxy) is 2. The highest BCUT2D eigenvalue weighted by molar-refractivity contribution is 7.48. The summed E-state index contributed by atoms with van der Waals surface area (Å²) < 4.78 is 23.9. The lowest BCUT2D eigenvalue weighted by molar-refractivity contribution is 0.0905. The molecule has 1 aromatic carbocycles. The zero-order valence-corrected chi connectivity index (χ0v) is 15.3. The molecule has 0 amide bonds. The second-order valence-electron chi connectivity index (χ2n) is 6.38. The van der Waals surface area contributed by atoms with Gasteiger partial charge >= 0.3 is 7.80 Å². The van der Waals surface area contributed by atoms with Gasteiger partial charge < -0.3 is 9.47 Å². The summed E-state index contributed by atoms with van der Waals surface area (Å²) in [6.07, 6.45) is 4.34. The fourth-order valence-electron chi connectivity index (χ4n) is 3.49. The van der Waals surface area contributed by atoms with Crippen LogP contribution in [0.5, 0.6) is 11.5 Å². The highest BCUT2D eigenvalue weighted by Gasteiger charge is 2.57. The maximum atomic E-state index is 13.5. The summed E-state index contributed by atoms with van der Waals surface area (Å²) in [7, 11) is 1.44. The Bertz CT molecular complexity index is 566. The summed E-state index contributed by atoms with van der Waals surface area (Å²) in [5.41, 5.74) is 0.413. The van der Waals surface area contributed by atoms with E-state index in [1.807, 2.05) is 13.8 Å². The number of hydrogen-bond acceptors (Lipinski definition) is 4. The molecule has 1 atom stereocenters. The fourth-order valence-corrected chi connectivity index (χ4v) is 5.54. The van der Waals surface area contributed by atoms with E-state index in [1.165, 1.54) is 0 Å². The van der Waals surface area contributed by atoms with E-state index in [2.05, 4.69) is 0 Å². The third-order valence-corrected chi connectivity index (χ3v) is 7.08. The molecule has 0 heterocycles. The maximum absolute atomic E-state index is 13.5. The van der Waals surface area contributed by atoms with Crippen molar-refractivity contribution >= 4 is 13.6 Å². The maximum Gasteiger partial charge on any atom is 0.355 e. The van der Waals surface area contributed by atoms with E-state index in [0.717, 1.165) is 19.3 Å². The number of carbonyl (C=O) groups is 1. The molecule has 4 nitrogen and oxygen atoms in total. The summed E-state index contributed by atoms with van der Waals surface area (Å²) in [6.45, 7) is 3.86. The predicted molar refractivity (Wildman–Crippen MR) is 92.4 cm³/mol. The molecule has 0 saturated heterocycles. The Morgan fingerprint density at radius 1 is 1.09 bits per heavy atom. The molecular weight excluding hydrogens is 311 g/mol. The van der Waals surface area contributed by atoms with Gasteiger partial charge in [0, 0.05) is 12.8 Å². The van der Waals surface area contributed by atoms with Crippen LogP contribution in [0.15, 0.2) is 18.2 Å². The Morgan fingerprint density at radius 2 is 1.61 bits per heavy atom. The highest BCUT2D eigenvalue weighted by atomic mass is 31.1. The first-order chi connectivity index (χ1) is 11.0. The Balaban J connectivity index is 2.57. The third kappa shape index (κ3) is 3.28. The fraction of sp³-hybridized carbons (Fsp3) is 0.611. The number of carbonyl (C=O) groups excluding carboxylic acids is 1. The molecule has 1 unspecified atom stereocenters. The van der Waals surface area contributed by atoms with Gasteiger partial charge in [-0.1, -0.05) is 17.1 Å². The zero-order valence-electron chi connectivity index (χ0n) is 14.4. The average Bonchev–Trinajstić information content (AvgIpc) is 2.59. The lowest BCUT2D eigenvalue weighted by atomic mass is 9.82. The van der Waals surface area contributed by atoms with Crippen molar-refractivity contribution in [3.8, 4) is 11.5 Å². The van der Waals surface area contributed by atoms with Crippen LogP contribution >= 0.6 is 7.80 Å². The summed E-state index contributed by atoms with van der Waals surface area (Å²) in [5, 5.41) is -0.788. The molecule has 0 aliphatic heterocycles. The number of ketones is 1. The van der Waals surface area contributed by atoms with Gasteiger partial charge in [0.2, 0.25) is 10.9 Å². The number of benzene rings is 1. The molecule has 1 fully saturated rings. The van der Waals surface area contributed by atoms with Crippen LogP contribution in [0, 0.1) is 0 Å². The van der Waals surface area contributed by atoms with E-state index in [0.29, 0.717) is 29.9 Å². The Morgan fingerprint density at radius 3 is 2.04 bits per heavy atom. The lowest BCUT2D eigenvalue weighted by Gasteiger charge is -2.28. The highest BCUT2D eigenvalue weighted by Crippen LogP contribution is 2.54. The van der Waals surface area contributed by atoms with Crippen LogP contribution < -0.4 is 9.47 Å². The van der Waals surface area contributed by atoms with Crippen LogP contribution in [0.1, 0.15) is 56.3 Å². The topological polar surface area (TPSA) is 52.6 Å². The van der Waals surface area contributed by atoms with Crippen molar-refractivity contribution in [3.05, 3.63) is 23.8 Å². The van der Waals surface area contributed by atoms with Crippen LogP contribution in [-0.4, -0.2) is 30.8 Å².